The van der Waals surface area contributed by atoms with Gasteiger partial charge in [0, 0.05) is 50.9 Å². The molecule has 0 bridgehead atoms. The van der Waals surface area contributed by atoms with Gasteiger partial charge in [-0.3, -0.25) is 0 Å². The lowest BCUT2D eigenvalue weighted by atomic mass is 10.3. The van der Waals surface area contributed by atoms with Crippen molar-refractivity contribution >= 4 is 46.1 Å². The molecule has 2 fully saturated rings. The Bertz CT molecular complexity index is 1060. The number of thioether (sulfide) groups is 1. The third-order valence-corrected chi connectivity index (χ3v) is 5.91. The minimum Gasteiger partial charge on any atom is -0.349 e. The van der Waals surface area contributed by atoms with Gasteiger partial charge in [-0.1, -0.05) is 47.1 Å². The first-order valence-electron chi connectivity index (χ1n) is 9.72. The number of nitriles is 1. The number of nitrogens with one attached hydrogen (secondary N) is 1. The molecule has 0 amide bonds. The molecule has 2 aliphatic rings. The lowest BCUT2D eigenvalue weighted by molar-refractivity contribution is -0.485. The maximum atomic E-state index is 10.3. The molecular formula is C19H19Cl2N9O2S. The Hall–Kier alpha value is -3.14. The Balaban J connectivity index is 0.000000186. The van der Waals surface area contributed by atoms with E-state index in [0.29, 0.717) is 29.9 Å². The lowest BCUT2D eigenvalue weighted by Gasteiger charge is -2.16. The van der Waals surface area contributed by atoms with Crippen LogP contribution in [0.3, 0.4) is 0 Å². The molecule has 2 aliphatic heterocycles. The number of nitro groups is 1. The number of halogens is 2. The van der Waals surface area contributed by atoms with E-state index in [1.165, 1.54) is 0 Å². The van der Waals surface area contributed by atoms with E-state index in [-0.39, 0.29) is 5.96 Å². The van der Waals surface area contributed by atoms with Crippen LogP contribution in [0.2, 0.25) is 10.3 Å². The molecule has 0 aliphatic carbocycles. The number of guanidine groups is 1. The molecule has 33 heavy (non-hydrogen) atoms. The first-order chi connectivity index (χ1) is 15.9. The van der Waals surface area contributed by atoms with E-state index in [4.69, 9.17) is 28.5 Å². The Labute approximate surface area is 204 Å². The minimum atomic E-state index is -0.708. The molecule has 0 unspecified atom stereocenters. The van der Waals surface area contributed by atoms with Gasteiger partial charge in [0.15, 0.2) is 10.2 Å². The van der Waals surface area contributed by atoms with Crippen molar-refractivity contribution in [2.45, 2.75) is 13.1 Å². The number of aliphatic imine (C=N–C) groups is 1. The molecule has 2 aromatic rings. The van der Waals surface area contributed by atoms with Crippen LogP contribution in [0.5, 0.6) is 0 Å². The SMILES string of the molecule is N#CN=C1SCCN1Cc1ccc(Cl)nc1.O=[N+]([O-])/N=C1\NCCN1Cc1ccc(Cl)nc1. The standard InChI is InChI=1S/C10H9ClN4S.C9H10ClN5O2/c11-9-2-1-8(5-13-9)6-15-3-4-16-10(15)14-7-12;10-8-2-1-7(5-12-8)6-14-4-3-11-9(14)13-15(16)17/h1-2,5H,3-4,6H2;1-2,5H,3-4,6H2,(H,11,13). The molecule has 0 aromatic carbocycles. The quantitative estimate of drug-likeness (QED) is 0.280. The second-order valence-electron chi connectivity index (χ2n) is 6.75. The molecule has 11 nitrogen and oxygen atoms in total. The highest BCUT2D eigenvalue weighted by Crippen LogP contribution is 2.20. The van der Waals surface area contributed by atoms with Gasteiger partial charge in [-0.05, 0) is 23.3 Å². The molecular weight excluding hydrogens is 489 g/mol. The van der Waals surface area contributed by atoms with E-state index in [2.05, 4.69) is 30.3 Å². The van der Waals surface area contributed by atoms with Crippen molar-refractivity contribution in [3.8, 4) is 6.19 Å². The third-order valence-electron chi connectivity index (χ3n) is 4.47. The molecule has 4 rings (SSSR count). The fourth-order valence-corrected chi connectivity index (χ4v) is 4.18. The zero-order chi connectivity index (χ0) is 23.6. The van der Waals surface area contributed by atoms with E-state index >= 15 is 0 Å². The molecule has 2 saturated heterocycles. The highest BCUT2D eigenvalue weighted by molar-refractivity contribution is 8.14. The lowest BCUT2D eigenvalue weighted by Crippen LogP contribution is -2.30. The van der Waals surface area contributed by atoms with E-state index in [1.807, 2.05) is 18.3 Å². The van der Waals surface area contributed by atoms with Gasteiger partial charge in [0.05, 0.1) is 0 Å². The number of aromatic nitrogens is 2. The number of hydrogen-bond acceptors (Lipinski definition) is 7. The molecule has 0 saturated carbocycles. The van der Waals surface area contributed by atoms with Crippen molar-refractivity contribution in [3.63, 3.8) is 0 Å². The summed E-state index contributed by atoms with van der Waals surface area (Å²) in [5.74, 6) is 1.26. The summed E-state index contributed by atoms with van der Waals surface area (Å²) in [6, 6.07) is 7.21. The number of amidine groups is 1. The van der Waals surface area contributed by atoms with Crippen molar-refractivity contribution < 1.29 is 5.03 Å². The smallest absolute Gasteiger partial charge is 0.271 e. The van der Waals surface area contributed by atoms with Crippen molar-refractivity contribution in [2.75, 3.05) is 25.4 Å². The molecule has 0 radical (unpaired) electrons. The summed E-state index contributed by atoms with van der Waals surface area (Å²) in [5.41, 5.74) is 1.99. The minimum absolute atomic E-state index is 0.282. The van der Waals surface area contributed by atoms with Crippen LogP contribution >= 0.6 is 35.0 Å². The van der Waals surface area contributed by atoms with Gasteiger partial charge in [0.1, 0.15) is 15.4 Å². The van der Waals surface area contributed by atoms with Crippen molar-refractivity contribution in [2.24, 2.45) is 10.1 Å². The van der Waals surface area contributed by atoms with Crippen LogP contribution in [0.25, 0.3) is 0 Å². The molecule has 14 heteroatoms. The maximum absolute atomic E-state index is 10.3. The van der Waals surface area contributed by atoms with Crippen LogP contribution in [0.4, 0.5) is 0 Å². The third kappa shape index (κ3) is 7.74. The topological polar surface area (TPSA) is 136 Å². The normalized spacial score (nSPS) is 17.5. The van der Waals surface area contributed by atoms with Gasteiger partial charge in [-0.2, -0.15) is 5.26 Å². The van der Waals surface area contributed by atoms with Crippen LogP contribution in [0.15, 0.2) is 46.8 Å². The van der Waals surface area contributed by atoms with Gasteiger partial charge in [-0.15, -0.1) is 4.99 Å². The Morgan fingerprint density at radius 3 is 2.30 bits per heavy atom. The Kier molecular flexibility index (Phi) is 9.05. The highest BCUT2D eigenvalue weighted by Gasteiger charge is 2.21. The predicted octanol–water partition coefficient (Wildman–Crippen LogP) is 2.81. The number of pyridine rings is 2. The van der Waals surface area contributed by atoms with Gasteiger partial charge in [0.25, 0.3) is 5.96 Å². The van der Waals surface area contributed by atoms with E-state index in [0.717, 1.165) is 35.1 Å². The van der Waals surface area contributed by atoms with Gasteiger partial charge in [0.2, 0.25) is 6.19 Å². The zero-order valence-corrected chi connectivity index (χ0v) is 19.6. The molecule has 0 atom stereocenters. The predicted molar refractivity (Wildman–Crippen MR) is 127 cm³/mol. The summed E-state index contributed by atoms with van der Waals surface area (Å²) in [6.45, 7) is 3.47. The summed E-state index contributed by atoms with van der Waals surface area (Å²) < 4.78 is 0. The monoisotopic (exact) mass is 507 g/mol. The molecule has 4 heterocycles. The van der Waals surface area contributed by atoms with Gasteiger partial charge < -0.3 is 15.1 Å². The van der Waals surface area contributed by atoms with Gasteiger partial charge in [-0.25, -0.2) is 20.1 Å². The molecule has 1 N–H and O–H groups in total. The summed E-state index contributed by atoms with van der Waals surface area (Å²) in [5, 5.41) is 26.0. The number of hydrogen-bond donors (Lipinski definition) is 1. The Morgan fingerprint density at radius 2 is 1.76 bits per heavy atom. The van der Waals surface area contributed by atoms with Crippen LogP contribution < -0.4 is 5.32 Å². The first kappa shape index (κ1) is 24.5. The van der Waals surface area contributed by atoms with E-state index in [9.17, 15) is 10.1 Å². The maximum Gasteiger partial charge on any atom is 0.271 e. The summed E-state index contributed by atoms with van der Waals surface area (Å²) in [7, 11) is 0. The summed E-state index contributed by atoms with van der Waals surface area (Å²) >= 11 is 13.0. The molecule has 2 aromatic heterocycles. The molecule has 0 spiro atoms. The van der Waals surface area contributed by atoms with Crippen LogP contribution in [-0.2, 0) is 13.1 Å². The first-order valence-corrected chi connectivity index (χ1v) is 11.5. The summed E-state index contributed by atoms with van der Waals surface area (Å²) in [6.07, 6.45) is 5.21. The average molecular weight is 508 g/mol. The van der Waals surface area contributed by atoms with E-state index < -0.39 is 5.03 Å². The largest absolute Gasteiger partial charge is 0.349 e. The van der Waals surface area contributed by atoms with Gasteiger partial charge >= 0.3 is 0 Å². The summed E-state index contributed by atoms with van der Waals surface area (Å²) in [4.78, 5) is 25.9. The van der Waals surface area contributed by atoms with E-state index in [1.54, 1.807) is 41.2 Å². The second kappa shape index (κ2) is 12.2. The Morgan fingerprint density at radius 1 is 1.12 bits per heavy atom. The fraction of sp³-hybridized carbons (Fsp3) is 0.316. The number of nitrogens with zero attached hydrogens (tertiary/aromatic N) is 8. The van der Waals surface area contributed by atoms with Crippen LogP contribution in [0, 0.1) is 21.6 Å². The number of hydrazone groups is 1. The highest BCUT2D eigenvalue weighted by atomic mass is 35.5. The number of rotatable bonds is 5. The average Bonchev–Trinajstić information content (AvgIpc) is 3.41. The molecule has 172 valence electrons. The van der Waals surface area contributed by atoms with Crippen molar-refractivity contribution in [1.82, 2.24) is 25.1 Å². The van der Waals surface area contributed by atoms with Crippen molar-refractivity contribution in [3.05, 3.63) is 68.2 Å². The van der Waals surface area contributed by atoms with Crippen LogP contribution in [0.1, 0.15) is 11.1 Å². The van der Waals surface area contributed by atoms with Crippen molar-refractivity contribution in [1.29, 1.82) is 5.26 Å². The zero-order valence-electron chi connectivity index (χ0n) is 17.3. The van der Waals surface area contributed by atoms with Crippen LogP contribution in [-0.4, -0.2) is 61.3 Å². The fourth-order valence-electron chi connectivity index (χ4n) is 3.02. The second-order valence-corrected chi connectivity index (χ2v) is 8.59.